The number of esters is 1. The average molecular weight is 508 g/mol. The number of ether oxygens (including phenoxy) is 5. The highest BCUT2D eigenvalue weighted by Crippen LogP contribution is 2.29. The minimum atomic E-state index is -1.58. The molecule has 35 heavy (non-hydrogen) atoms. The third-order valence-corrected chi connectivity index (χ3v) is 5.31. The van der Waals surface area contributed by atoms with E-state index in [0.29, 0.717) is 0 Å². The van der Waals surface area contributed by atoms with Crippen LogP contribution in [0.1, 0.15) is 16.8 Å². The molecule has 0 aliphatic carbocycles. The Morgan fingerprint density at radius 1 is 1.00 bits per heavy atom. The Labute approximate surface area is 197 Å². The van der Waals surface area contributed by atoms with Gasteiger partial charge in [-0.1, -0.05) is 0 Å². The highest BCUT2D eigenvalue weighted by molar-refractivity contribution is 5.88. The van der Waals surface area contributed by atoms with Gasteiger partial charge in [-0.05, 0) is 0 Å². The summed E-state index contributed by atoms with van der Waals surface area (Å²) >= 11 is 0. The maximum Gasteiger partial charge on any atom is 0.332 e. The predicted molar refractivity (Wildman–Crippen MR) is 106 cm³/mol. The summed E-state index contributed by atoms with van der Waals surface area (Å²) in [7, 11) is 0. The molecule has 2 saturated heterocycles. The van der Waals surface area contributed by atoms with Crippen molar-refractivity contribution in [2.24, 2.45) is 5.73 Å². The Bertz CT molecular complexity index is 854. The van der Waals surface area contributed by atoms with E-state index in [1.165, 1.54) is 0 Å². The standard InChI is InChI=1S/C18H28N4O13/c19-15(30)16-20-6-22(21-16)17-13(28)11(26)8(34-17)4-33-9(24)5-31-1-2-32-18-14(29)12(27)10(25)7(3-23)35-18/h6-8,10-14,17-18,23,25-29H,1-5H2,(H2,19,30)/t7?,8?,10?,11-,12?,13-,14?,17?,18?/m1/s1. The summed E-state index contributed by atoms with van der Waals surface area (Å²) in [5.41, 5.74) is 5.07. The molecule has 0 saturated carbocycles. The number of rotatable bonds is 11. The largest absolute Gasteiger partial charge is 0.461 e. The summed E-state index contributed by atoms with van der Waals surface area (Å²) in [5, 5.41) is 62.4. The SMILES string of the molecule is NC(=O)c1ncn(C2OC(COC(=O)COCCOC3OC(CO)C(O)C(O)C3O)[C@@H](O)[C@H]2O)n1. The third kappa shape index (κ3) is 6.47. The molecule has 2 fully saturated rings. The van der Waals surface area contributed by atoms with Crippen LogP contribution in [0.25, 0.3) is 0 Å². The van der Waals surface area contributed by atoms with E-state index in [1.54, 1.807) is 0 Å². The zero-order valence-corrected chi connectivity index (χ0v) is 18.3. The van der Waals surface area contributed by atoms with Crippen molar-refractivity contribution in [3.63, 3.8) is 0 Å². The van der Waals surface area contributed by atoms with Crippen molar-refractivity contribution in [1.82, 2.24) is 14.8 Å². The molecule has 0 aromatic carbocycles. The second-order valence-electron chi connectivity index (χ2n) is 7.76. The van der Waals surface area contributed by atoms with Crippen LogP contribution in [-0.4, -0.2) is 139 Å². The van der Waals surface area contributed by atoms with Crippen molar-refractivity contribution in [1.29, 1.82) is 0 Å². The Kier molecular flexibility index (Phi) is 9.41. The number of hydrogen-bond donors (Lipinski definition) is 7. The number of amides is 1. The first-order valence-electron chi connectivity index (χ1n) is 10.5. The van der Waals surface area contributed by atoms with Crippen molar-refractivity contribution in [2.45, 2.75) is 55.2 Å². The van der Waals surface area contributed by atoms with Crippen LogP contribution in [0, 0.1) is 0 Å². The number of hydrogen-bond acceptors (Lipinski definition) is 15. The van der Waals surface area contributed by atoms with Crippen LogP contribution in [0.15, 0.2) is 6.33 Å². The van der Waals surface area contributed by atoms with E-state index in [2.05, 4.69) is 10.1 Å². The minimum absolute atomic E-state index is 0.137. The lowest BCUT2D eigenvalue weighted by molar-refractivity contribution is -0.302. The third-order valence-electron chi connectivity index (χ3n) is 5.31. The molecule has 2 aliphatic rings. The smallest absolute Gasteiger partial charge is 0.332 e. The van der Waals surface area contributed by atoms with Gasteiger partial charge in [0, 0.05) is 0 Å². The Morgan fingerprint density at radius 2 is 1.71 bits per heavy atom. The van der Waals surface area contributed by atoms with E-state index in [4.69, 9.17) is 34.5 Å². The molecule has 9 atom stereocenters. The fourth-order valence-corrected chi connectivity index (χ4v) is 3.40. The molecule has 1 aromatic heterocycles. The van der Waals surface area contributed by atoms with Crippen LogP contribution in [0.4, 0.5) is 0 Å². The fraction of sp³-hybridized carbons (Fsp3) is 0.778. The van der Waals surface area contributed by atoms with Gasteiger partial charge in [0.25, 0.3) is 5.91 Å². The van der Waals surface area contributed by atoms with Gasteiger partial charge in [-0.2, -0.15) is 0 Å². The van der Waals surface area contributed by atoms with Crippen molar-refractivity contribution in [3.05, 3.63) is 12.2 Å². The lowest BCUT2D eigenvalue weighted by atomic mass is 9.99. The second kappa shape index (κ2) is 12.1. The number of nitrogens with zero attached hydrogens (tertiary/aromatic N) is 3. The van der Waals surface area contributed by atoms with Crippen molar-refractivity contribution < 1.29 is 63.9 Å². The first-order valence-corrected chi connectivity index (χ1v) is 10.5. The molecule has 3 heterocycles. The molecule has 17 nitrogen and oxygen atoms in total. The minimum Gasteiger partial charge on any atom is -0.461 e. The lowest BCUT2D eigenvalue weighted by Gasteiger charge is -2.39. The molecule has 7 unspecified atom stereocenters. The first-order chi connectivity index (χ1) is 16.6. The van der Waals surface area contributed by atoms with E-state index >= 15 is 0 Å². The van der Waals surface area contributed by atoms with Gasteiger partial charge >= 0.3 is 5.97 Å². The molecule has 8 N–H and O–H groups in total. The summed E-state index contributed by atoms with van der Waals surface area (Å²) < 4.78 is 26.9. The zero-order chi connectivity index (χ0) is 25.7. The van der Waals surface area contributed by atoms with E-state index in [9.17, 15) is 35.1 Å². The lowest BCUT2D eigenvalue weighted by Crippen LogP contribution is -2.59. The highest BCUT2D eigenvalue weighted by atomic mass is 16.7. The van der Waals surface area contributed by atoms with E-state index in [-0.39, 0.29) is 19.0 Å². The number of aliphatic hydroxyl groups is 6. The van der Waals surface area contributed by atoms with Crippen LogP contribution in [0.5, 0.6) is 0 Å². The second-order valence-corrected chi connectivity index (χ2v) is 7.76. The van der Waals surface area contributed by atoms with Crippen LogP contribution in [0.2, 0.25) is 0 Å². The summed E-state index contributed by atoms with van der Waals surface area (Å²) in [5.74, 6) is -2.01. The maximum absolute atomic E-state index is 11.9. The van der Waals surface area contributed by atoms with E-state index < -0.39 is 86.9 Å². The Morgan fingerprint density at radius 3 is 2.37 bits per heavy atom. The van der Waals surface area contributed by atoms with Crippen molar-refractivity contribution in [3.8, 4) is 0 Å². The van der Waals surface area contributed by atoms with Gasteiger partial charge in [0.05, 0.1) is 19.8 Å². The summed E-state index contributed by atoms with van der Waals surface area (Å²) in [4.78, 5) is 26.6. The Hall–Kier alpha value is -2.32. The van der Waals surface area contributed by atoms with Crippen LogP contribution < -0.4 is 5.73 Å². The maximum atomic E-state index is 11.9. The van der Waals surface area contributed by atoms with Gasteiger partial charge < -0.3 is 60.1 Å². The molecule has 17 heteroatoms. The molecule has 0 bridgehead atoms. The van der Waals surface area contributed by atoms with Gasteiger partial charge in [-0.15, -0.1) is 5.10 Å². The number of carbonyl (C=O) groups is 2. The van der Waals surface area contributed by atoms with Gasteiger partial charge in [-0.25, -0.2) is 14.5 Å². The molecule has 0 radical (unpaired) electrons. The van der Waals surface area contributed by atoms with Crippen molar-refractivity contribution in [2.75, 3.05) is 33.0 Å². The molecule has 2 aliphatic heterocycles. The first kappa shape index (κ1) is 27.3. The molecular weight excluding hydrogens is 480 g/mol. The number of carbonyl (C=O) groups excluding carboxylic acids is 2. The van der Waals surface area contributed by atoms with Crippen LogP contribution in [0.3, 0.4) is 0 Å². The van der Waals surface area contributed by atoms with E-state index in [1.807, 2.05) is 0 Å². The highest BCUT2D eigenvalue weighted by Gasteiger charge is 2.45. The predicted octanol–water partition coefficient (Wildman–Crippen LogP) is -5.63. The molecular formula is C18H28N4O13. The number of aromatic nitrogens is 3. The number of aliphatic hydroxyl groups excluding tert-OH is 6. The van der Waals surface area contributed by atoms with Crippen molar-refractivity contribution >= 4 is 11.9 Å². The molecule has 1 amide bonds. The van der Waals surface area contributed by atoms with Gasteiger partial charge in [0.1, 0.15) is 62.3 Å². The van der Waals surface area contributed by atoms with Crippen LogP contribution >= 0.6 is 0 Å². The zero-order valence-electron chi connectivity index (χ0n) is 18.3. The summed E-state index contributed by atoms with van der Waals surface area (Å²) in [6.07, 6.45) is -11.2. The number of nitrogens with two attached hydrogens (primary N) is 1. The Balaban J connectivity index is 1.35. The van der Waals surface area contributed by atoms with Gasteiger partial charge in [0.15, 0.2) is 12.5 Å². The average Bonchev–Trinajstić information content (AvgIpc) is 3.43. The quantitative estimate of drug-likeness (QED) is 0.109. The molecule has 3 rings (SSSR count). The monoisotopic (exact) mass is 508 g/mol. The number of primary amides is 1. The summed E-state index contributed by atoms with van der Waals surface area (Å²) in [6.45, 7) is -1.83. The fourth-order valence-electron chi connectivity index (χ4n) is 3.40. The van der Waals surface area contributed by atoms with Gasteiger partial charge in [0.2, 0.25) is 5.82 Å². The topological polar surface area (TPSA) is 258 Å². The van der Waals surface area contributed by atoms with Crippen LogP contribution in [-0.2, 0) is 28.5 Å². The summed E-state index contributed by atoms with van der Waals surface area (Å²) in [6, 6.07) is 0. The molecule has 1 aromatic rings. The van der Waals surface area contributed by atoms with E-state index in [0.717, 1.165) is 11.0 Å². The molecule has 198 valence electrons. The van der Waals surface area contributed by atoms with Gasteiger partial charge in [-0.3, -0.25) is 4.79 Å². The molecule has 0 spiro atoms. The normalized spacial score (nSPS) is 35.2.